The first kappa shape index (κ1) is 10.0. The second-order valence-electron chi connectivity index (χ2n) is 2.09. The molecule has 2 nitrogen and oxygen atoms in total. The lowest BCUT2D eigenvalue weighted by atomic mass is 10.5. The van der Waals surface area contributed by atoms with Crippen molar-refractivity contribution in [2.24, 2.45) is 0 Å². The van der Waals surface area contributed by atoms with Gasteiger partial charge in [-0.15, -0.1) is 0 Å². The maximum absolute atomic E-state index is 4.80. The van der Waals surface area contributed by atoms with Crippen LogP contribution in [-0.4, -0.2) is 6.10 Å². The third kappa shape index (κ3) is 8.01. The SMILES string of the molecule is CC/C=C/SOOC(C)C. The highest BCUT2D eigenvalue weighted by Crippen LogP contribution is 2.06. The van der Waals surface area contributed by atoms with Gasteiger partial charge in [-0.1, -0.05) is 13.0 Å². The van der Waals surface area contributed by atoms with Gasteiger partial charge < -0.3 is 0 Å². The van der Waals surface area contributed by atoms with Crippen LogP contribution < -0.4 is 0 Å². The quantitative estimate of drug-likeness (QED) is 0.268. The second kappa shape index (κ2) is 7.12. The molecule has 0 aliphatic heterocycles. The molecule has 0 aromatic carbocycles. The Balaban J connectivity index is 2.97. The summed E-state index contributed by atoms with van der Waals surface area (Å²) < 4.78 is 4.73. The zero-order valence-corrected chi connectivity index (χ0v) is 7.48. The molecule has 3 heteroatoms. The largest absolute Gasteiger partial charge is 0.221 e. The Kier molecular flexibility index (Phi) is 7.13. The van der Waals surface area contributed by atoms with Gasteiger partial charge in [-0.25, -0.2) is 4.89 Å². The average Bonchev–Trinajstić information content (AvgIpc) is 1.87. The van der Waals surface area contributed by atoms with Crippen LogP contribution in [0.15, 0.2) is 11.5 Å². The predicted molar refractivity (Wildman–Crippen MR) is 44.3 cm³/mol. The topological polar surface area (TPSA) is 18.5 Å². The van der Waals surface area contributed by atoms with Crippen LogP contribution >= 0.6 is 12.0 Å². The van der Waals surface area contributed by atoms with E-state index in [4.69, 9.17) is 9.22 Å². The van der Waals surface area contributed by atoms with Crippen molar-refractivity contribution in [2.75, 3.05) is 0 Å². The Morgan fingerprint density at radius 3 is 2.70 bits per heavy atom. The molecule has 0 atom stereocenters. The summed E-state index contributed by atoms with van der Waals surface area (Å²) in [6.07, 6.45) is 3.16. The predicted octanol–water partition coefficient (Wildman–Crippen LogP) is 2.91. The van der Waals surface area contributed by atoms with Gasteiger partial charge in [-0.2, -0.15) is 4.33 Å². The van der Waals surface area contributed by atoms with E-state index in [1.165, 1.54) is 12.0 Å². The van der Waals surface area contributed by atoms with E-state index in [-0.39, 0.29) is 6.10 Å². The molecule has 10 heavy (non-hydrogen) atoms. The van der Waals surface area contributed by atoms with Crippen molar-refractivity contribution in [3.63, 3.8) is 0 Å². The fourth-order valence-corrected chi connectivity index (χ4v) is 0.778. The molecular formula is C7H14O2S. The normalized spacial score (nSPS) is 11.6. The third-order valence-corrected chi connectivity index (χ3v) is 1.12. The molecule has 0 aliphatic rings. The van der Waals surface area contributed by atoms with Gasteiger partial charge in [0.1, 0.15) is 0 Å². The first-order valence-electron chi connectivity index (χ1n) is 3.41. The van der Waals surface area contributed by atoms with Gasteiger partial charge in [0.15, 0.2) is 0 Å². The van der Waals surface area contributed by atoms with Crippen molar-refractivity contribution in [1.82, 2.24) is 0 Å². The molecule has 0 amide bonds. The maximum atomic E-state index is 4.80. The van der Waals surface area contributed by atoms with E-state index in [2.05, 4.69) is 6.92 Å². The monoisotopic (exact) mass is 162 g/mol. The zero-order valence-electron chi connectivity index (χ0n) is 6.66. The highest BCUT2D eigenvalue weighted by molar-refractivity contribution is 7.97. The number of hydrogen-bond donors (Lipinski definition) is 0. The first-order chi connectivity index (χ1) is 4.77. The minimum absolute atomic E-state index is 0.127. The smallest absolute Gasteiger partial charge is 0.0886 e. The molecule has 0 rings (SSSR count). The van der Waals surface area contributed by atoms with Gasteiger partial charge in [-0.05, 0) is 25.7 Å². The molecule has 0 spiro atoms. The molecule has 0 bridgehead atoms. The number of hydrogen-bond acceptors (Lipinski definition) is 3. The molecule has 0 unspecified atom stereocenters. The summed E-state index contributed by atoms with van der Waals surface area (Å²) >= 11 is 1.20. The molecule has 0 radical (unpaired) electrons. The highest BCUT2D eigenvalue weighted by atomic mass is 32.2. The zero-order chi connectivity index (χ0) is 7.82. The minimum atomic E-state index is 0.127. The summed E-state index contributed by atoms with van der Waals surface area (Å²) in [4.78, 5) is 4.80. The van der Waals surface area contributed by atoms with E-state index in [0.29, 0.717) is 0 Å². The van der Waals surface area contributed by atoms with E-state index >= 15 is 0 Å². The Morgan fingerprint density at radius 1 is 1.50 bits per heavy atom. The van der Waals surface area contributed by atoms with Crippen molar-refractivity contribution >= 4 is 12.0 Å². The van der Waals surface area contributed by atoms with Crippen LogP contribution in [0.4, 0.5) is 0 Å². The van der Waals surface area contributed by atoms with Crippen molar-refractivity contribution in [1.29, 1.82) is 0 Å². The van der Waals surface area contributed by atoms with Gasteiger partial charge in [0, 0.05) is 0 Å². The van der Waals surface area contributed by atoms with Crippen LogP contribution in [-0.2, 0) is 9.22 Å². The van der Waals surface area contributed by atoms with Gasteiger partial charge >= 0.3 is 0 Å². The van der Waals surface area contributed by atoms with Crippen molar-refractivity contribution in [3.8, 4) is 0 Å². The molecule has 0 aliphatic carbocycles. The van der Waals surface area contributed by atoms with E-state index < -0.39 is 0 Å². The fourth-order valence-electron chi connectivity index (χ4n) is 0.259. The summed E-state index contributed by atoms with van der Waals surface area (Å²) in [5.41, 5.74) is 0. The summed E-state index contributed by atoms with van der Waals surface area (Å²) in [7, 11) is 0. The van der Waals surface area contributed by atoms with Crippen molar-refractivity contribution in [3.05, 3.63) is 11.5 Å². The van der Waals surface area contributed by atoms with E-state index in [1.54, 1.807) is 0 Å². The summed E-state index contributed by atoms with van der Waals surface area (Å²) in [6, 6.07) is 0. The molecule has 0 saturated heterocycles. The van der Waals surface area contributed by atoms with Gasteiger partial charge in [-0.3, -0.25) is 0 Å². The van der Waals surface area contributed by atoms with Crippen molar-refractivity contribution in [2.45, 2.75) is 33.3 Å². The molecule has 0 saturated carbocycles. The Labute approximate surface area is 66.7 Å². The molecule has 0 N–H and O–H groups in total. The Bertz CT molecular complexity index is 91.6. The molecule has 0 heterocycles. The lowest BCUT2D eigenvalue weighted by molar-refractivity contribution is -0.219. The Hall–Kier alpha value is 0.01000. The second-order valence-corrected chi connectivity index (χ2v) is 2.69. The van der Waals surface area contributed by atoms with Crippen LogP contribution in [0, 0.1) is 0 Å². The summed E-state index contributed by atoms with van der Waals surface area (Å²) in [5, 5.41) is 1.86. The highest BCUT2D eigenvalue weighted by Gasteiger charge is 1.90. The van der Waals surface area contributed by atoms with Crippen LogP contribution in [0.25, 0.3) is 0 Å². The molecule has 0 aromatic rings. The minimum Gasteiger partial charge on any atom is -0.221 e. The molecule has 0 fully saturated rings. The van der Waals surface area contributed by atoms with Gasteiger partial charge in [0.25, 0.3) is 0 Å². The van der Waals surface area contributed by atoms with E-state index in [9.17, 15) is 0 Å². The lowest BCUT2D eigenvalue weighted by Gasteiger charge is -2.01. The van der Waals surface area contributed by atoms with Crippen LogP contribution in [0.1, 0.15) is 27.2 Å². The fraction of sp³-hybridized carbons (Fsp3) is 0.714. The van der Waals surface area contributed by atoms with Crippen LogP contribution in [0.5, 0.6) is 0 Å². The van der Waals surface area contributed by atoms with Crippen LogP contribution in [0.2, 0.25) is 0 Å². The van der Waals surface area contributed by atoms with Gasteiger partial charge in [0.2, 0.25) is 0 Å². The number of allylic oxidation sites excluding steroid dienone is 1. The summed E-state index contributed by atoms with van der Waals surface area (Å²) in [5.74, 6) is 0. The standard InChI is InChI=1S/C7H14O2S/c1-4-5-6-10-9-8-7(2)3/h5-7H,4H2,1-3H3/b6-5+. The lowest BCUT2D eigenvalue weighted by Crippen LogP contribution is -1.98. The average molecular weight is 162 g/mol. The number of rotatable bonds is 5. The molecule has 0 aromatic heterocycles. The maximum Gasteiger partial charge on any atom is 0.0886 e. The van der Waals surface area contributed by atoms with E-state index in [0.717, 1.165) is 6.42 Å². The summed E-state index contributed by atoms with van der Waals surface area (Å²) in [6.45, 7) is 5.91. The van der Waals surface area contributed by atoms with Gasteiger partial charge in [0.05, 0.1) is 18.1 Å². The molecule has 60 valence electrons. The van der Waals surface area contributed by atoms with Crippen LogP contribution in [0.3, 0.4) is 0 Å². The third-order valence-electron chi connectivity index (χ3n) is 0.659. The molecular weight excluding hydrogens is 148 g/mol. The van der Waals surface area contributed by atoms with Crippen molar-refractivity contribution < 1.29 is 9.22 Å². The first-order valence-corrected chi connectivity index (χ1v) is 4.21. The van der Waals surface area contributed by atoms with E-state index in [1.807, 2.05) is 25.3 Å². The Morgan fingerprint density at radius 2 is 2.20 bits per heavy atom.